The van der Waals surface area contributed by atoms with Gasteiger partial charge in [0.2, 0.25) is 0 Å². The van der Waals surface area contributed by atoms with Gasteiger partial charge in [0.1, 0.15) is 4.88 Å². The lowest BCUT2D eigenvalue weighted by molar-refractivity contribution is 0.102. The Bertz CT molecular complexity index is 269. The van der Waals surface area contributed by atoms with Gasteiger partial charge in [-0.3, -0.25) is 4.79 Å². The normalized spacial score (nSPS) is 9.90. The zero-order valence-electron chi connectivity index (χ0n) is 5.64. The first-order valence-corrected chi connectivity index (χ1v) is 4.32. The predicted octanol–water partition coefficient (Wildman–Crippen LogP) is 2.42. The van der Waals surface area contributed by atoms with Crippen LogP contribution in [0.1, 0.15) is 22.3 Å². The smallest absolute Gasteiger partial charge is 0.172 e. The van der Waals surface area contributed by atoms with Crippen LogP contribution in [-0.2, 0) is 0 Å². The van der Waals surface area contributed by atoms with Gasteiger partial charge in [0.15, 0.2) is 5.78 Å². The summed E-state index contributed by atoms with van der Waals surface area (Å²) in [5, 5.41) is 0. The number of aryl methyl sites for hydroxylation is 1. The summed E-state index contributed by atoms with van der Waals surface area (Å²) in [6.45, 7) is 3.41. The predicted molar refractivity (Wildman–Crippen MR) is 44.6 cm³/mol. The van der Waals surface area contributed by atoms with Gasteiger partial charge in [-0.1, -0.05) is 0 Å². The molecule has 0 saturated carbocycles. The molecule has 0 fully saturated rings. The number of nitrogens with zero attached hydrogens (tertiary/aromatic N) is 1. The van der Waals surface area contributed by atoms with Gasteiger partial charge in [-0.15, -0.1) is 0 Å². The first-order valence-electron chi connectivity index (χ1n) is 2.75. The molecule has 0 unspecified atom stereocenters. The Morgan fingerprint density at radius 3 is 2.50 bits per heavy atom. The average molecular weight is 220 g/mol. The summed E-state index contributed by atoms with van der Waals surface area (Å²) in [5.74, 6) is 0.0671. The number of hydrogen-bond acceptors (Lipinski definition) is 3. The third kappa shape index (κ3) is 1.27. The number of halogens is 1. The van der Waals surface area contributed by atoms with Crippen LogP contribution in [0.2, 0.25) is 0 Å². The second-order valence-corrected chi connectivity index (χ2v) is 3.53. The molecule has 0 saturated heterocycles. The molecule has 4 heteroatoms. The number of ketones is 1. The molecule has 0 amide bonds. The molecule has 0 N–H and O–H groups in total. The third-order valence-electron chi connectivity index (χ3n) is 1.11. The number of carbonyl (C=O) groups excluding carboxylic acids is 1. The summed E-state index contributed by atoms with van der Waals surface area (Å²) in [7, 11) is 0. The van der Waals surface area contributed by atoms with Gasteiger partial charge in [0.25, 0.3) is 0 Å². The van der Waals surface area contributed by atoms with Crippen molar-refractivity contribution in [2.75, 3.05) is 0 Å². The van der Waals surface area contributed by atoms with Crippen molar-refractivity contribution in [1.29, 1.82) is 0 Å². The van der Waals surface area contributed by atoms with Gasteiger partial charge in [-0.2, -0.15) is 4.37 Å². The lowest BCUT2D eigenvalue weighted by Gasteiger charge is -1.86. The summed E-state index contributed by atoms with van der Waals surface area (Å²) in [5.41, 5.74) is 0.884. The van der Waals surface area contributed by atoms with Crippen LogP contribution in [0, 0.1) is 6.92 Å². The van der Waals surface area contributed by atoms with Crippen LogP contribution in [-0.4, -0.2) is 10.2 Å². The Morgan fingerprint density at radius 1 is 1.70 bits per heavy atom. The van der Waals surface area contributed by atoms with Gasteiger partial charge in [0.05, 0.1) is 10.2 Å². The minimum atomic E-state index is 0.0671. The summed E-state index contributed by atoms with van der Waals surface area (Å²) in [6, 6.07) is 0. The lowest BCUT2D eigenvalue weighted by atomic mass is 10.3. The van der Waals surface area contributed by atoms with E-state index in [1.54, 1.807) is 0 Å². The molecule has 2 nitrogen and oxygen atoms in total. The molecule has 1 aromatic rings. The number of carbonyl (C=O) groups is 1. The van der Waals surface area contributed by atoms with E-state index < -0.39 is 0 Å². The Balaban J connectivity index is 3.17. The molecule has 0 radical (unpaired) electrons. The SMILES string of the molecule is CC(=O)c1snc(C)c1Br. The number of rotatable bonds is 1. The highest BCUT2D eigenvalue weighted by Gasteiger charge is 2.10. The second kappa shape index (κ2) is 2.80. The first-order chi connectivity index (χ1) is 4.63. The number of hydrogen-bond donors (Lipinski definition) is 0. The summed E-state index contributed by atoms with van der Waals surface area (Å²) >= 11 is 4.52. The Labute approximate surface area is 71.6 Å². The molecule has 0 aliphatic rings. The Hall–Kier alpha value is -0.220. The first kappa shape index (κ1) is 7.88. The van der Waals surface area contributed by atoms with Crippen LogP contribution in [0.3, 0.4) is 0 Å². The molecule has 0 aliphatic carbocycles. The van der Waals surface area contributed by atoms with Crippen molar-refractivity contribution < 1.29 is 4.79 Å². The zero-order valence-corrected chi connectivity index (χ0v) is 8.04. The van der Waals surface area contributed by atoms with E-state index in [-0.39, 0.29) is 5.78 Å². The number of aromatic nitrogens is 1. The molecule has 54 valence electrons. The van der Waals surface area contributed by atoms with Crippen LogP contribution in [0.4, 0.5) is 0 Å². The highest BCUT2D eigenvalue weighted by Crippen LogP contribution is 2.24. The van der Waals surface area contributed by atoms with Crippen LogP contribution in [0.25, 0.3) is 0 Å². The maximum Gasteiger partial charge on any atom is 0.172 e. The van der Waals surface area contributed by atoms with Gasteiger partial charge in [0, 0.05) is 6.92 Å². The van der Waals surface area contributed by atoms with E-state index in [1.807, 2.05) is 6.92 Å². The fourth-order valence-electron chi connectivity index (χ4n) is 0.577. The van der Waals surface area contributed by atoms with Crippen LogP contribution in [0.15, 0.2) is 4.47 Å². The summed E-state index contributed by atoms with van der Waals surface area (Å²) in [4.78, 5) is 11.5. The van der Waals surface area contributed by atoms with Crippen molar-refractivity contribution in [3.05, 3.63) is 15.0 Å². The molecule has 0 aromatic carbocycles. The maximum atomic E-state index is 10.8. The fourth-order valence-corrected chi connectivity index (χ4v) is 1.96. The van der Waals surface area contributed by atoms with E-state index in [9.17, 15) is 4.79 Å². The minimum Gasteiger partial charge on any atom is -0.293 e. The molecular formula is C6H6BrNOS. The van der Waals surface area contributed by atoms with Crippen molar-refractivity contribution in [2.24, 2.45) is 0 Å². The van der Waals surface area contributed by atoms with E-state index in [0.717, 1.165) is 10.2 Å². The van der Waals surface area contributed by atoms with Gasteiger partial charge in [-0.05, 0) is 34.4 Å². The summed E-state index contributed by atoms with van der Waals surface area (Å²) < 4.78 is 4.85. The standard InChI is InChI=1S/C6H6BrNOS/c1-3-5(7)6(4(2)9)10-8-3/h1-2H3. The van der Waals surface area contributed by atoms with Gasteiger partial charge in [-0.25, -0.2) is 0 Å². The lowest BCUT2D eigenvalue weighted by Crippen LogP contribution is -1.86. The average Bonchev–Trinajstić information content (AvgIpc) is 2.14. The van der Waals surface area contributed by atoms with E-state index >= 15 is 0 Å². The van der Waals surface area contributed by atoms with Gasteiger partial charge < -0.3 is 0 Å². The molecule has 1 heterocycles. The monoisotopic (exact) mass is 219 g/mol. The fraction of sp³-hybridized carbons (Fsp3) is 0.333. The van der Waals surface area contributed by atoms with E-state index in [1.165, 1.54) is 18.5 Å². The highest BCUT2D eigenvalue weighted by atomic mass is 79.9. The van der Waals surface area contributed by atoms with Crippen molar-refractivity contribution in [1.82, 2.24) is 4.37 Å². The molecular weight excluding hydrogens is 214 g/mol. The topological polar surface area (TPSA) is 30.0 Å². The Kier molecular flexibility index (Phi) is 2.21. The molecule has 1 rings (SSSR count). The van der Waals surface area contributed by atoms with Crippen molar-refractivity contribution in [2.45, 2.75) is 13.8 Å². The zero-order chi connectivity index (χ0) is 7.72. The highest BCUT2D eigenvalue weighted by molar-refractivity contribution is 9.10. The largest absolute Gasteiger partial charge is 0.293 e. The molecule has 0 spiro atoms. The van der Waals surface area contributed by atoms with E-state index in [2.05, 4.69) is 20.3 Å². The summed E-state index contributed by atoms with van der Waals surface area (Å²) in [6.07, 6.45) is 0. The quantitative estimate of drug-likeness (QED) is 0.680. The van der Waals surface area contributed by atoms with Crippen LogP contribution >= 0.6 is 27.5 Å². The second-order valence-electron chi connectivity index (χ2n) is 1.97. The van der Waals surface area contributed by atoms with E-state index in [0.29, 0.717) is 4.88 Å². The van der Waals surface area contributed by atoms with Gasteiger partial charge >= 0.3 is 0 Å². The molecule has 0 aliphatic heterocycles. The van der Waals surface area contributed by atoms with E-state index in [4.69, 9.17) is 0 Å². The van der Waals surface area contributed by atoms with Crippen LogP contribution < -0.4 is 0 Å². The van der Waals surface area contributed by atoms with Crippen molar-refractivity contribution in [3.8, 4) is 0 Å². The molecule has 0 atom stereocenters. The molecule has 1 aromatic heterocycles. The molecule has 0 bridgehead atoms. The maximum absolute atomic E-state index is 10.8. The van der Waals surface area contributed by atoms with Crippen molar-refractivity contribution in [3.63, 3.8) is 0 Å². The van der Waals surface area contributed by atoms with Crippen LogP contribution in [0.5, 0.6) is 0 Å². The minimum absolute atomic E-state index is 0.0671. The number of Topliss-reactive ketones (excluding diaryl/α,β-unsaturated/α-hetero) is 1. The molecule has 10 heavy (non-hydrogen) atoms. The third-order valence-corrected chi connectivity index (χ3v) is 3.38. The Morgan fingerprint density at radius 2 is 2.30 bits per heavy atom. The van der Waals surface area contributed by atoms with Crippen molar-refractivity contribution >= 4 is 33.2 Å².